The molecule has 4 nitrogen and oxygen atoms in total. The fraction of sp³-hybridized carbons (Fsp3) is 0.900. The number of allylic oxidation sites excluding steroid dienone is 2. The summed E-state index contributed by atoms with van der Waals surface area (Å²) in [6.07, 6.45) is 10.1. The molecule has 4 fully saturated rings. The van der Waals surface area contributed by atoms with Gasteiger partial charge >= 0.3 is 5.97 Å². The number of carboxylic acid groups (broad SMARTS) is 1. The van der Waals surface area contributed by atoms with Crippen molar-refractivity contribution in [1.29, 1.82) is 0 Å². The summed E-state index contributed by atoms with van der Waals surface area (Å²) in [6, 6.07) is 0. The minimum Gasteiger partial charge on any atom is -0.481 e. The Bertz CT molecular complexity index is 923. The molecule has 0 spiro atoms. The van der Waals surface area contributed by atoms with E-state index < -0.39 is 23.6 Å². The summed E-state index contributed by atoms with van der Waals surface area (Å²) >= 11 is 0. The van der Waals surface area contributed by atoms with Crippen molar-refractivity contribution in [1.82, 2.24) is 0 Å². The molecule has 5 aliphatic rings. The van der Waals surface area contributed by atoms with Crippen LogP contribution < -0.4 is 0 Å². The third-order valence-electron chi connectivity index (χ3n) is 13.1. The number of aliphatic hydroxyl groups is 2. The second-order valence-corrected chi connectivity index (χ2v) is 15.2. The molecule has 0 aromatic carbocycles. The maximum atomic E-state index is 12.5. The zero-order valence-corrected chi connectivity index (χ0v) is 22.6. The highest BCUT2D eigenvalue weighted by Gasteiger charge is 2.70. The highest BCUT2D eigenvalue weighted by molar-refractivity contribution is 5.76. The summed E-state index contributed by atoms with van der Waals surface area (Å²) in [5.74, 6) is -0.139. The van der Waals surface area contributed by atoms with E-state index in [1.165, 1.54) is 32.1 Å². The van der Waals surface area contributed by atoms with Crippen molar-refractivity contribution in [3.8, 4) is 0 Å². The Morgan fingerprint density at radius 3 is 2.18 bits per heavy atom. The van der Waals surface area contributed by atoms with E-state index in [1.807, 2.05) is 0 Å². The van der Waals surface area contributed by atoms with Gasteiger partial charge in [0.2, 0.25) is 0 Å². The fourth-order valence-corrected chi connectivity index (χ4v) is 10.6. The van der Waals surface area contributed by atoms with Gasteiger partial charge in [-0.2, -0.15) is 0 Å². The van der Waals surface area contributed by atoms with Crippen LogP contribution in [-0.4, -0.2) is 33.5 Å². The molecular formula is C30H48O4. The lowest BCUT2D eigenvalue weighted by atomic mass is 9.33. The molecule has 3 N–H and O–H groups in total. The van der Waals surface area contributed by atoms with Gasteiger partial charge in [0.1, 0.15) is 0 Å². The van der Waals surface area contributed by atoms with Gasteiger partial charge in [0.05, 0.1) is 17.6 Å². The topological polar surface area (TPSA) is 77.8 Å². The van der Waals surface area contributed by atoms with Crippen LogP contribution in [0.2, 0.25) is 0 Å². The zero-order valence-electron chi connectivity index (χ0n) is 22.6. The summed E-state index contributed by atoms with van der Waals surface area (Å²) in [5, 5.41) is 32.1. The molecule has 192 valence electrons. The van der Waals surface area contributed by atoms with Crippen LogP contribution in [0.15, 0.2) is 11.6 Å². The first-order valence-corrected chi connectivity index (χ1v) is 13.9. The molecule has 4 saturated carbocycles. The van der Waals surface area contributed by atoms with Crippen LogP contribution in [0.1, 0.15) is 106 Å². The Hall–Kier alpha value is -0.870. The minimum atomic E-state index is -1.31. The molecule has 34 heavy (non-hydrogen) atoms. The average molecular weight is 473 g/mol. The van der Waals surface area contributed by atoms with E-state index in [2.05, 4.69) is 47.6 Å². The van der Waals surface area contributed by atoms with Gasteiger partial charge in [-0.3, -0.25) is 4.79 Å². The molecule has 4 heteroatoms. The summed E-state index contributed by atoms with van der Waals surface area (Å²) in [5.41, 5.74) is 1.06. The van der Waals surface area contributed by atoms with Crippen LogP contribution in [0.5, 0.6) is 0 Å². The maximum Gasteiger partial charge on any atom is 0.312 e. The molecular weight excluding hydrogens is 424 g/mol. The third-order valence-corrected chi connectivity index (χ3v) is 13.1. The number of hydrogen-bond acceptors (Lipinski definition) is 3. The fourth-order valence-electron chi connectivity index (χ4n) is 10.6. The minimum absolute atomic E-state index is 0.0761. The molecule has 0 amide bonds. The van der Waals surface area contributed by atoms with E-state index in [-0.39, 0.29) is 22.2 Å². The van der Waals surface area contributed by atoms with E-state index in [0.29, 0.717) is 29.1 Å². The van der Waals surface area contributed by atoms with Crippen LogP contribution in [0, 0.1) is 50.2 Å². The first kappa shape index (κ1) is 24.8. The number of aliphatic hydroxyl groups excluding tert-OH is 2. The van der Waals surface area contributed by atoms with E-state index in [9.17, 15) is 20.1 Å². The van der Waals surface area contributed by atoms with Gasteiger partial charge in [-0.05, 0) is 110 Å². The molecule has 5 rings (SSSR count). The molecule has 0 bridgehead atoms. The quantitative estimate of drug-likeness (QED) is 0.397. The van der Waals surface area contributed by atoms with Crippen LogP contribution in [-0.2, 0) is 4.79 Å². The standard InChI is InChI=1S/C30H48O4/c1-25(2)12-13-26(3)14-15-28(5)18(19(26)16-25)8-9-21-27(4)17-20(31)23(32)30(7,24(33)34)22(27)10-11-29(21,28)6/h8,19-23,31-32H,9-17H2,1-7H3,(H,33,34)/t19-,20+,21-,22?,23+,26-,27-,28-,29-,30?/m1/s1. The second kappa shape index (κ2) is 7.12. The molecule has 10 atom stereocenters. The summed E-state index contributed by atoms with van der Waals surface area (Å²) in [6.45, 7) is 16.4. The van der Waals surface area contributed by atoms with Gasteiger partial charge in [0.25, 0.3) is 0 Å². The molecule has 0 radical (unpaired) electrons. The van der Waals surface area contributed by atoms with Crippen LogP contribution >= 0.6 is 0 Å². The number of hydrogen-bond donors (Lipinski definition) is 3. The number of rotatable bonds is 1. The van der Waals surface area contributed by atoms with Crippen molar-refractivity contribution >= 4 is 5.97 Å². The lowest BCUT2D eigenvalue weighted by molar-refractivity contribution is -0.239. The Morgan fingerprint density at radius 1 is 0.882 bits per heavy atom. The van der Waals surface area contributed by atoms with Gasteiger partial charge in [-0.25, -0.2) is 0 Å². The predicted molar refractivity (Wildman–Crippen MR) is 134 cm³/mol. The lowest BCUT2D eigenvalue weighted by Crippen LogP contribution is -2.68. The third kappa shape index (κ3) is 2.88. The Morgan fingerprint density at radius 2 is 1.53 bits per heavy atom. The smallest absolute Gasteiger partial charge is 0.312 e. The largest absolute Gasteiger partial charge is 0.481 e. The van der Waals surface area contributed by atoms with Crippen LogP contribution in [0.3, 0.4) is 0 Å². The monoisotopic (exact) mass is 472 g/mol. The number of carboxylic acids is 1. The van der Waals surface area contributed by atoms with Crippen molar-refractivity contribution in [3.63, 3.8) is 0 Å². The van der Waals surface area contributed by atoms with Crippen molar-refractivity contribution in [2.75, 3.05) is 0 Å². The molecule has 0 saturated heterocycles. The van der Waals surface area contributed by atoms with E-state index in [1.54, 1.807) is 12.5 Å². The number of carbonyl (C=O) groups is 1. The number of aliphatic carboxylic acids is 1. The number of fused-ring (bicyclic) bond motifs is 7. The zero-order chi connectivity index (χ0) is 25.1. The summed E-state index contributed by atoms with van der Waals surface area (Å²) in [7, 11) is 0. The summed E-state index contributed by atoms with van der Waals surface area (Å²) < 4.78 is 0. The van der Waals surface area contributed by atoms with E-state index >= 15 is 0 Å². The lowest BCUT2D eigenvalue weighted by Gasteiger charge is -2.71. The molecule has 0 heterocycles. The Balaban J connectivity index is 1.60. The molecule has 0 aromatic heterocycles. The van der Waals surface area contributed by atoms with Gasteiger partial charge < -0.3 is 15.3 Å². The van der Waals surface area contributed by atoms with Crippen LogP contribution in [0.4, 0.5) is 0 Å². The first-order chi connectivity index (χ1) is 15.6. The van der Waals surface area contributed by atoms with Crippen LogP contribution in [0.25, 0.3) is 0 Å². The van der Waals surface area contributed by atoms with E-state index in [4.69, 9.17) is 0 Å². The highest BCUT2D eigenvalue weighted by Crippen LogP contribution is 2.75. The molecule has 5 aliphatic carbocycles. The van der Waals surface area contributed by atoms with Crippen molar-refractivity contribution < 1.29 is 20.1 Å². The second-order valence-electron chi connectivity index (χ2n) is 15.2. The highest BCUT2D eigenvalue weighted by atomic mass is 16.4. The van der Waals surface area contributed by atoms with Crippen molar-refractivity contribution in [2.45, 2.75) is 118 Å². The average Bonchev–Trinajstić information content (AvgIpc) is 2.73. The predicted octanol–water partition coefficient (Wildman–Crippen LogP) is 6.20. The van der Waals surface area contributed by atoms with Gasteiger partial charge in [-0.15, -0.1) is 0 Å². The molecule has 2 unspecified atom stereocenters. The van der Waals surface area contributed by atoms with Gasteiger partial charge in [0.15, 0.2) is 0 Å². The summed E-state index contributed by atoms with van der Waals surface area (Å²) in [4.78, 5) is 12.5. The Labute approximate surface area is 206 Å². The SMILES string of the molecule is CC1(C)CC[C@]2(C)CC[C@]3(C)C(=CC[C@@H]4[C@@]5(C)C[C@H](O)[C@H](O)C(C)(C(=O)O)C5CC[C@]43C)[C@H]2C1. The van der Waals surface area contributed by atoms with Gasteiger partial charge in [0, 0.05) is 0 Å². The first-order valence-electron chi connectivity index (χ1n) is 13.9. The van der Waals surface area contributed by atoms with Crippen molar-refractivity contribution in [3.05, 3.63) is 11.6 Å². The van der Waals surface area contributed by atoms with E-state index in [0.717, 1.165) is 19.3 Å². The van der Waals surface area contributed by atoms with Crippen molar-refractivity contribution in [2.24, 2.45) is 50.2 Å². The maximum absolute atomic E-state index is 12.5. The molecule has 0 aromatic rings. The Kier molecular flexibility index (Phi) is 5.20. The normalized spacial score (nSPS) is 56.3. The molecule has 0 aliphatic heterocycles. The van der Waals surface area contributed by atoms with Gasteiger partial charge in [-0.1, -0.05) is 53.2 Å².